The summed E-state index contributed by atoms with van der Waals surface area (Å²) >= 11 is 0. The van der Waals surface area contributed by atoms with Crippen molar-refractivity contribution in [1.82, 2.24) is 10.2 Å². The van der Waals surface area contributed by atoms with Gasteiger partial charge in [0.15, 0.2) is 0 Å². The van der Waals surface area contributed by atoms with Gasteiger partial charge in [0.1, 0.15) is 0 Å². The van der Waals surface area contributed by atoms with E-state index in [0.717, 1.165) is 38.9 Å². The molecule has 1 amide bonds. The molecule has 100 valence electrons. The molecule has 1 aliphatic carbocycles. The molecule has 1 aliphatic rings. The van der Waals surface area contributed by atoms with Crippen LogP contribution in [0.4, 0.5) is 0 Å². The largest absolute Gasteiger partial charge is 0.355 e. The fourth-order valence-corrected chi connectivity index (χ4v) is 2.38. The zero-order valence-corrected chi connectivity index (χ0v) is 11.4. The fraction of sp³-hybridized carbons (Fsp3) is 0.923. The molecule has 4 heteroatoms. The number of hydrogen-bond donors (Lipinski definition) is 2. The maximum absolute atomic E-state index is 12.0. The SMILES string of the molecule is CCN(C)CCNC(=O)C1CC(N)CCC1C. The first-order valence-corrected chi connectivity index (χ1v) is 6.76. The zero-order valence-electron chi connectivity index (χ0n) is 11.4. The fourth-order valence-electron chi connectivity index (χ4n) is 2.38. The number of carbonyl (C=O) groups excluding carboxylic acids is 1. The van der Waals surface area contributed by atoms with Gasteiger partial charge in [-0.25, -0.2) is 0 Å². The smallest absolute Gasteiger partial charge is 0.223 e. The molecule has 0 saturated heterocycles. The minimum atomic E-state index is 0.116. The summed E-state index contributed by atoms with van der Waals surface area (Å²) in [6, 6.07) is 0.209. The van der Waals surface area contributed by atoms with E-state index in [-0.39, 0.29) is 17.9 Å². The number of amides is 1. The first-order chi connectivity index (χ1) is 8.04. The van der Waals surface area contributed by atoms with Gasteiger partial charge in [0.2, 0.25) is 5.91 Å². The second-order valence-electron chi connectivity index (χ2n) is 5.34. The van der Waals surface area contributed by atoms with Crippen LogP contribution >= 0.6 is 0 Å². The number of nitrogens with one attached hydrogen (secondary N) is 1. The molecule has 0 aliphatic heterocycles. The first-order valence-electron chi connectivity index (χ1n) is 6.76. The van der Waals surface area contributed by atoms with Crippen molar-refractivity contribution >= 4 is 5.91 Å². The molecule has 1 fully saturated rings. The Labute approximate surface area is 105 Å². The summed E-state index contributed by atoms with van der Waals surface area (Å²) in [7, 11) is 2.06. The van der Waals surface area contributed by atoms with Gasteiger partial charge in [0, 0.05) is 25.0 Å². The Balaban J connectivity index is 2.30. The molecular weight excluding hydrogens is 214 g/mol. The topological polar surface area (TPSA) is 58.4 Å². The highest BCUT2D eigenvalue weighted by Crippen LogP contribution is 2.28. The van der Waals surface area contributed by atoms with Gasteiger partial charge in [-0.3, -0.25) is 4.79 Å². The standard InChI is InChI=1S/C13H27N3O/c1-4-16(3)8-7-15-13(17)12-9-11(14)6-5-10(12)2/h10-12H,4-9,14H2,1-3H3,(H,15,17). The van der Waals surface area contributed by atoms with Crippen LogP contribution < -0.4 is 11.1 Å². The summed E-state index contributed by atoms with van der Waals surface area (Å²) in [5.74, 6) is 0.779. The highest BCUT2D eigenvalue weighted by Gasteiger charge is 2.30. The van der Waals surface area contributed by atoms with Crippen molar-refractivity contribution < 1.29 is 4.79 Å². The summed E-state index contributed by atoms with van der Waals surface area (Å²) in [4.78, 5) is 14.2. The van der Waals surface area contributed by atoms with E-state index >= 15 is 0 Å². The molecule has 0 radical (unpaired) electrons. The molecule has 17 heavy (non-hydrogen) atoms. The average Bonchev–Trinajstić information content (AvgIpc) is 2.31. The molecule has 0 heterocycles. The lowest BCUT2D eigenvalue weighted by atomic mass is 9.78. The quantitative estimate of drug-likeness (QED) is 0.749. The molecule has 3 unspecified atom stereocenters. The number of likely N-dealkylation sites (N-methyl/N-ethyl adjacent to an activating group) is 1. The molecule has 0 aromatic rings. The van der Waals surface area contributed by atoms with E-state index in [9.17, 15) is 4.79 Å². The van der Waals surface area contributed by atoms with E-state index in [1.807, 2.05) is 0 Å². The van der Waals surface area contributed by atoms with Crippen molar-refractivity contribution in [2.75, 3.05) is 26.7 Å². The first kappa shape index (κ1) is 14.5. The predicted molar refractivity (Wildman–Crippen MR) is 70.7 cm³/mol. The van der Waals surface area contributed by atoms with Crippen molar-refractivity contribution in [3.8, 4) is 0 Å². The van der Waals surface area contributed by atoms with Crippen molar-refractivity contribution in [2.24, 2.45) is 17.6 Å². The summed E-state index contributed by atoms with van der Waals surface area (Å²) in [6.45, 7) is 6.94. The van der Waals surface area contributed by atoms with E-state index < -0.39 is 0 Å². The molecule has 1 rings (SSSR count). The van der Waals surface area contributed by atoms with Gasteiger partial charge in [-0.1, -0.05) is 13.8 Å². The van der Waals surface area contributed by atoms with Gasteiger partial charge in [0.25, 0.3) is 0 Å². The van der Waals surface area contributed by atoms with Crippen molar-refractivity contribution in [2.45, 2.75) is 39.2 Å². The third kappa shape index (κ3) is 4.64. The van der Waals surface area contributed by atoms with Crippen LogP contribution in [0.25, 0.3) is 0 Å². The Bertz CT molecular complexity index is 245. The molecule has 3 atom stereocenters. The van der Waals surface area contributed by atoms with Crippen LogP contribution in [0.5, 0.6) is 0 Å². The molecular formula is C13H27N3O. The lowest BCUT2D eigenvalue weighted by Crippen LogP contribution is -2.43. The Hall–Kier alpha value is -0.610. The molecule has 0 spiro atoms. The lowest BCUT2D eigenvalue weighted by Gasteiger charge is -2.31. The van der Waals surface area contributed by atoms with Gasteiger partial charge >= 0.3 is 0 Å². The van der Waals surface area contributed by atoms with Gasteiger partial charge in [-0.15, -0.1) is 0 Å². The summed E-state index contributed by atoms with van der Waals surface area (Å²) < 4.78 is 0. The summed E-state index contributed by atoms with van der Waals surface area (Å²) in [6.07, 6.45) is 2.98. The van der Waals surface area contributed by atoms with Crippen LogP contribution in [0.1, 0.15) is 33.1 Å². The molecule has 4 nitrogen and oxygen atoms in total. The normalized spacial score (nSPS) is 29.4. The Morgan fingerprint density at radius 1 is 1.47 bits per heavy atom. The third-order valence-electron chi connectivity index (χ3n) is 3.91. The van der Waals surface area contributed by atoms with Crippen LogP contribution in [0.15, 0.2) is 0 Å². The van der Waals surface area contributed by atoms with Crippen molar-refractivity contribution in [1.29, 1.82) is 0 Å². The second kappa shape index (κ2) is 6.97. The Kier molecular flexibility index (Phi) is 5.92. The highest BCUT2D eigenvalue weighted by atomic mass is 16.1. The third-order valence-corrected chi connectivity index (χ3v) is 3.91. The van der Waals surface area contributed by atoms with Crippen LogP contribution in [-0.4, -0.2) is 43.5 Å². The molecule has 0 bridgehead atoms. The van der Waals surface area contributed by atoms with Crippen LogP contribution in [0.2, 0.25) is 0 Å². The van der Waals surface area contributed by atoms with Crippen molar-refractivity contribution in [3.05, 3.63) is 0 Å². The minimum absolute atomic E-state index is 0.116. The number of nitrogens with two attached hydrogens (primary N) is 1. The van der Waals surface area contributed by atoms with Crippen molar-refractivity contribution in [3.63, 3.8) is 0 Å². The van der Waals surface area contributed by atoms with Gasteiger partial charge in [-0.2, -0.15) is 0 Å². The Morgan fingerprint density at radius 3 is 2.82 bits per heavy atom. The number of rotatable bonds is 5. The average molecular weight is 241 g/mol. The van der Waals surface area contributed by atoms with Gasteiger partial charge in [-0.05, 0) is 38.8 Å². The lowest BCUT2D eigenvalue weighted by molar-refractivity contribution is -0.127. The monoisotopic (exact) mass is 241 g/mol. The van der Waals surface area contributed by atoms with Crippen LogP contribution in [0.3, 0.4) is 0 Å². The minimum Gasteiger partial charge on any atom is -0.355 e. The molecule has 0 aromatic carbocycles. The van der Waals surface area contributed by atoms with Crippen LogP contribution in [-0.2, 0) is 4.79 Å². The zero-order chi connectivity index (χ0) is 12.8. The number of hydrogen-bond acceptors (Lipinski definition) is 3. The van der Waals surface area contributed by atoms with E-state index in [2.05, 4.69) is 31.1 Å². The summed E-state index contributed by atoms with van der Waals surface area (Å²) in [5.41, 5.74) is 5.94. The molecule has 0 aromatic heterocycles. The maximum atomic E-state index is 12.0. The van der Waals surface area contributed by atoms with Gasteiger partial charge in [0.05, 0.1) is 0 Å². The van der Waals surface area contributed by atoms with Crippen LogP contribution in [0, 0.1) is 11.8 Å². The summed E-state index contributed by atoms with van der Waals surface area (Å²) in [5, 5.41) is 3.03. The second-order valence-corrected chi connectivity index (χ2v) is 5.34. The number of nitrogens with zero attached hydrogens (tertiary/aromatic N) is 1. The Morgan fingerprint density at radius 2 is 2.18 bits per heavy atom. The molecule has 1 saturated carbocycles. The van der Waals surface area contributed by atoms with E-state index in [0.29, 0.717) is 5.92 Å². The van der Waals surface area contributed by atoms with E-state index in [1.54, 1.807) is 0 Å². The number of carbonyl (C=O) groups is 1. The molecule has 3 N–H and O–H groups in total. The van der Waals surface area contributed by atoms with Gasteiger partial charge < -0.3 is 16.0 Å². The van der Waals surface area contributed by atoms with E-state index in [1.165, 1.54) is 0 Å². The maximum Gasteiger partial charge on any atom is 0.223 e. The highest BCUT2D eigenvalue weighted by molar-refractivity contribution is 5.79. The van der Waals surface area contributed by atoms with E-state index in [4.69, 9.17) is 5.73 Å². The predicted octanol–water partition coefficient (Wildman–Crippen LogP) is 0.818.